The van der Waals surface area contributed by atoms with Gasteiger partial charge in [-0.3, -0.25) is 4.79 Å². The van der Waals surface area contributed by atoms with Crippen molar-refractivity contribution in [3.63, 3.8) is 0 Å². The van der Waals surface area contributed by atoms with E-state index >= 15 is 0 Å². The largest absolute Gasteiger partial charge is 0.494 e. The Morgan fingerprint density at radius 3 is 3.00 bits per heavy atom. The molecule has 14 heavy (non-hydrogen) atoms. The topological polar surface area (TPSA) is 81.0 Å². The van der Waals surface area contributed by atoms with E-state index in [-0.39, 0.29) is 0 Å². The van der Waals surface area contributed by atoms with Gasteiger partial charge in [-0.05, 0) is 12.1 Å². The first-order valence-electron chi connectivity index (χ1n) is 4.04. The molecule has 1 heterocycles. The van der Waals surface area contributed by atoms with Crippen molar-refractivity contribution in [1.29, 1.82) is 0 Å². The van der Waals surface area contributed by atoms with Gasteiger partial charge in [0.1, 0.15) is 5.52 Å². The third kappa shape index (κ3) is 1.10. The van der Waals surface area contributed by atoms with E-state index in [1.54, 1.807) is 12.1 Å². The maximum Gasteiger partial charge on any atom is 0.252 e. The van der Waals surface area contributed by atoms with E-state index in [0.717, 1.165) is 5.52 Å². The zero-order valence-corrected chi connectivity index (χ0v) is 7.57. The smallest absolute Gasteiger partial charge is 0.252 e. The van der Waals surface area contributed by atoms with Crippen molar-refractivity contribution in [1.82, 2.24) is 9.97 Å². The number of rotatable bonds is 2. The molecule has 0 spiro atoms. The van der Waals surface area contributed by atoms with Crippen LogP contribution in [-0.2, 0) is 0 Å². The summed E-state index contributed by atoms with van der Waals surface area (Å²) in [5, 5.41) is 0. The number of hydrogen-bond donors (Lipinski definition) is 2. The lowest BCUT2D eigenvalue weighted by Crippen LogP contribution is -2.12. The average Bonchev–Trinajstić information content (AvgIpc) is 2.63. The highest BCUT2D eigenvalue weighted by Gasteiger charge is 2.13. The molecule has 0 bridgehead atoms. The summed E-state index contributed by atoms with van der Waals surface area (Å²) in [5.74, 6) is -0.108. The molecule has 2 aromatic rings. The third-order valence-corrected chi connectivity index (χ3v) is 2.01. The number of nitrogens with zero attached hydrogens (tertiary/aromatic N) is 1. The van der Waals surface area contributed by atoms with Crippen LogP contribution in [0.25, 0.3) is 11.0 Å². The molecule has 0 aliphatic carbocycles. The minimum atomic E-state index is -0.522. The second-order valence-electron chi connectivity index (χ2n) is 2.81. The summed E-state index contributed by atoms with van der Waals surface area (Å²) in [5.41, 5.74) is 6.96. The van der Waals surface area contributed by atoms with Crippen molar-refractivity contribution in [2.45, 2.75) is 0 Å². The summed E-state index contributed by atoms with van der Waals surface area (Å²) in [6.07, 6.45) is 1.54. The number of benzene rings is 1. The number of imidazole rings is 1. The predicted octanol–water partition coefficient (Wildman–Crippen LogP) is 0.670. The molecule has 72 valence electrons. The molecule has 1 aromatic heterocycles. The lowest BCUT2D eigenvalue weighted by Gasteiger charge is -2.05. The minimum absolute atomic E-state index is 0.340. The molecule has 5 heteroatoms. The zero-order valence-electron chi connectivity index (χ0n) is 7.57. The van der Waals surface area contributed by atoms with Crippen molar-refractivity contribution in [2.75, 3.05) is 7.11 Å². The molecule has 0 saturated heterocycles. The van der Waals surface area contributed by atoms with Crippen molar-refractivity contribution < 1.29 is 9.53 Å². The van der Waals surface area contributed by atoms with Crippen molar-refractivity contribution >= 4 is 16.9 Å². The fraction of sp³-hybridized carbons (Fsp3) is 0.111. The third-order valence-electron chi connectivity index (χ3n) is 2.01. The van der Waals surface area contributed by atoms with E-state index < -0.39 is 5.91 Å². The molecule has 0 atom stereocenters. The Hall–Kier alpha value is -2.04. The van der Waals surface area contributed by atoms with Crippen LogP contribution in [0, 0.1) is 0 Å². The van der Waals surface area contributed by atoms with Gasteiger partial charge >= 0.3 is 0 Å². The van der Waals surface area contributed by atoms with Gasteiger partial charge in [-0.2, -0.15) is 0 Å². The van der Waals surface area contributed by atoms with Gasteiger partial charge in [-0.1, -0.05) is 0 Å². The van der Waals surface area contributed by atoms with E-state index in [0.29, 0.717) is 16.8 Å². The number of nitrogens with two attached hydrogens (primary N) is 1. The first kappa shape index (κ1) is 8.55. The molecule has 5 nitrogen and oxygen atoms in total. The van der Waals surface area contributed by atoms with Gasteiger partial charge in [-0.15, -0.1) is 0 Å². The molecule has 1 aromatic carbocycles. The number of carbonyl (C=O) groups excluding carboxylic acids is 1. The van der Waals surface area contributed by atoms with Gasteiger partial charge in [0.05, 0.1) is 24.5 Å². The second kappa shape index (κ2) is 3.02. The quantitative estimate of drug-likeness (QED) is 0.732. The molecular formula is C9H9N3O2. The van der Waals surface area contributed by atoms with Gasteiger partial charge in [0.25, 0.3) is 5.91 Å². The Morgan fingerprint density at radius 1 is 1.57 bits per heavy atom. The van der Waals surface area contributed by atoms with Gasteiger partial charge in [-0.25, -0.2) is 4.98 Å². The first-order chi connectivity index (χ1) is 6.74. The molecule has 3 N–H and O–H groups in total. The standard InChI is InChI=1S/C9H9N3O2/c1-14-8-5(9(10)13)2-3-6-7(8)12-4-11-6/h2-4H,1H3,(H2,10,13)(H,11,12). The molecule has 0 unspecified atom stereocenters. The lowest BCUT2D eigenvalue weighted by atomic mass is 10.1. The van der Waals surface area contributed by atoms with Crippen LogP contribution in [0.1, 0.15) is 10.4 Å². The molecule has 2 rings (SSSR count). The van der Waals surface area contributed by atoms with Crippen LogP contribution in [0.5, 0.6) is 5.75 Å². The summed E-state index contributed by atoms with van der Waals surface area (Å²) >= 11 is 0. The normalized spacial score (nSPS) is 10.4. The summed E-state index contributed by atoms with van der Waals surface area (Å²) in [4.78, 5) is 18.0. The maximum absolute atomic E-state index is 11.1. The van der Waals surface area contributed by atoms with Crippen LogP contribution in [0.15, 0.2) is 18.5 Å². The average molecular weight is 191 g/mol. The van der Waals surface area contributed by atoms with E-state index in [9.17, 15) is 4.79 Å². The number of primary amides is 1. The van der Waals surface area contributed by atoms with Crippen molar-refractivity contribution in [2.24, 2.45) is 5.73 Å². The van der Waals surface area contributed by atoms with E-state index in [1.807, 2.05) is 0 Å². The fourth-order valence-corrected chi connectivity index (χ4v) is 1.38. The number of fused-ring (bicyclic) bond motifs is 1. The molecule has 0 fully saturated rings. The monoisotopic (exact) mass is 191 g/mol. The van der Waals surface area contributed by atoms with Crippen LogP contribution in [0.3, 0.4) is 0 Å². The Balaban J connectivity index is 2.78. The summed E-state index contributed by atoms with van der Waals surface area (Å²) in [6, 6.07) is 3.35. The lowest BCUT2D eigenvalue weighted by molar-refractivity contribution is 0.0997. The minimum Gasteiger partial charge on any atom is -0.494 e. The van der Waals surface area contributed by atoms with Gasteiger partial charge in [0, 0.05) is 0 Å². The number of amides is 1. The summed E-state index contributed by atoms with van der Waals surface area (Å²) in [7, 11) is 1.48. The fourth-order valence-electron chi connectivity index (χ4n) is 1.38. The maximum atomic E-state index is 11.1. The number of nitrogens with one attached hydrogen (secondary N) is 1. The van der Waals surface area contributed by atoms with Crippen LogP contribution in [-0.4, -0.2) is 23.0 Å². The highest BCUT2D eigenvalue weighted by molar-refractivity contribution is 6.01. The number of methoxy groups -OCH3 is 1. The van der Waals surface area contributed by atoms with Gasteiger partial charge in [0.2, 0.25) is 0 Å². The number of aromatic amines is 1. The molecule has 0 aliphatic heterocycles. The highest BCUT2D eigenvalue weighted by Crippen LogP contribution is 2.26. The molecule has 1 amide bonds. The molecule has 0 aliphatic rings. The number of carbonyl (C=O) groups is 1. The highest BCUT2D eigenvalue weighted by atomic mass is 16.5. The summed E-state index contributed by atoms with van der Waals surface area (Å²) < 4.78 is 5.09. The Bertz CT molecular complexity index is 490. The van der Waals surface area contributed by atoms with Crippen molar-refractivity contribution in [3.05, 3.63) is 24.0 Å². The first-order valence-corrected chi connectivity index (χ1v) is 4.04. The predicted molar refractivity (Wildman–Crippen MR) is 51.2 cm³/mol. The SMILES string of the molecule is COc1c(C(N)=O)ccc2[nH]cnc12. The van der Waals surface area contributed by atoms with E-state index in [1.165, 1.54) is 13.4 Å². The van der Waals surface area contributed by atoms with E-state index in [4.69, 9.17) is 10.5 Å². The van der Waals surface area contributed by atoms with Gasteiger partial charge in [0.15, 0.2) is 5.75 Å². The Kier molecular flexibility index (Phi) is 1.85. The number of hydrogen-bond acceptors (Lipinski definition) is 3. The van der Waals surface area contributed by atoms with Crippen LogP contribution in [0.2, 0.25) is 0 Å². The second-order valence-corrected chi connectivity index (χ2v) is 2.81. The Morgan fingerprint density at radius 2 is 2.36 bits per heavy atom. The van der Waals surface area contributed by atoms with E-state index in [2.05, 4.69) is 9.97 Å². The number of H-pyrrole nitrogens is 1. The zero-order chi connectivity index (χ0) is 10.1. The molecule has 0 radical (unpaired) electrons. The summed E-state index contributed by atoms with van der Waals surface area (Å²) in [6.45, 7) is 0. The van der Waals surface area contributed by atoms with Crippen molar-refractivity contribution in [3.8, 4) is 5.75 Å². The number of aromatic nitrogens is 2. The van der Waals surface area contributed by atoms with Crippen LogP contribution in [0.4, 0.5) is 0 Å². The molecular weight excluding hydrogens is 182 g/mol. The molecule has 0 saturated carbocycles. The van der Waals surface area contributed by atoms with Crippen LogP contribution >= 0.6 is 0 Å². The Labute approximate surface area is 79.9 Å². The van der Waals surface area contributed by atoms with Crippen LogP contribution < -0.4 is 10.5 Å². The number of ether oxygens (including phenoxy) is 1. The van der Waals surface area contributed by atoms with Gasteiger partial charge < -0.3 is 15.5 Å².